The lowest BCUT2D eigenvalue weighted by atomic mass is 10.0. The second-order valence-electron chi connectivity index (χ2n) is 3.10. The molecule has 0 saturated carbocycles. The first-order valence-corrected chi connectivity index (χ1v) is 4.82. The topological polar surface area (TPSA) is 76.8 Å². The Hall–Kier alpha value is -1.06. The fourth-order valence-electron chi connectivity index (χ4n) is 1.04. The Balaban J connectivity index is 3.82. The number of hydrogen-bond acceptors (Lipinski definition) is 2. The highest BCUT2D eigenvalue weighted by atomic mass is 15.3. The predicted molar refractivity (Wildman–Crippen MR) is 57.6 cm³/mol. The minimum absolute atomic E-state index is 0.0154. The lowest BCUT2D eigenvalue weighted by Gasteiger charge is -2.06. The molecule has 1 atom stereocenters. The number of hydrogen-bond donors (Lipinski definition) is 2. The highest BCUT2D eigenvalue weighted by Gasteiger charge is 2.00. The third-order valence-corrected chi connectivity index (χ3v) is 1.90. The van der Waals surface area contributed by atoms with Gasteiger partial charge in [-0.3, -0.25) is 0 Å². The highest BCUT2D eigenvalue weighted by Crippen LogP contribution is 2.09. The SMILES string of the molecule is CCCCC(/C=N\N=C(N)N)CC. The molecule has 0 saturated heterocycles. The fraction of sp³-hybridized carbons (Fsp3) is 0.778. The molecule has 4 N–H and O–H groups in total. The summed E-state index contributed by atoms with van der Waals surface area (Å²) in [5.41, 5.74) is 10.3. The molecule has 0 aliphatic carbocycles. The molecule has 0 aromatic carbocycles. The molecule has 0 bridgehead atoms. The predicted octanol–water partition coefficient (Wildman–Crippen LogP) is 1.46. The van der Waals surface area contributed by atoms with E-state index in [-0.39, 0.29) is 5.96 Å². The van der Waals surface area contributed by atoms with E-state index in [0.717, 1.165) is 12.8 Å². The molecule has 0 aliphatic rings. The largest absolute Gasteiger partial charge is 0.369 e. The van der Waals surface area contributed by atoms with Gasteiger partial charge in [-0.15, -0.1) is 5.10 Å². The lowest BCUT2D eigenvalue weighted by Crippen LogP contribution is -2.21. The van der Waals surface area contributed by atoms with Crippen LogP contribution >= 0.6 is 0 Å². The summed E-state index contributed by atoms with van der Waals surface area (Å²) in [6.07, 6.45) is 6.52. The highest BCUT2D eigenvalue weighted by molar-refractivity contribution is 5.76. The van der Waals surface area contributed by atoms with Gasteiger partial charge >= 0.3 is 0 Å². The summed E-state index contributed by atoms with van der Waals surface area (Å²) in [5, 5.41) is 7.37. The summed E-state index contributed by atoms with van der Waals surface area (Å²) in [6.45, 7) is 4.32. The molecule has 4 heteroatoms. The zero-order valence-corrected chi connectivity index (χ0v) is 8.53. The Morgan fingerprint density at radius 1 is 1.38 bits per heavy atom. The molecular formula is C9H20N4. The van der Waals surface area contributed by atoms with Gasteiger partial charge in [0.05, 0.1) is 0 Å². The van der Waals surface area contributed by atoms with E-state index >= 15 is 0 Å². The minimum atomic E-state index is 0.0154. The molecule has 0 fully saturated rings. The summed E-state index contributed by atoms with van der Waals surface area (Å²) in [7, 11) is 0. The molecule has 13 heavy (non-hydrogen) atoms. The Morgan fingerprint density at radius 3 is 2.54 bits per heavy atom. The van der Waals surface area contributed by atoms with Crippen molar-refractivity contribution in [2.24, 2.45) is 27.6 Å². The van der Waals surface area contributed by atoms with Crippen molar-refractivity contribution in [2.75, 3.05) is 0 Å². The summed E-state index contributed by atoms with van der Waals surface area (Å²) >= 11 is 0. The monoisotopic (exact) mass is 184 g/mol. The zero-order chi connectivity index (χ0) is 10.1. The van der Waals surface area contributed by atoms with Crippen LogP contribution in [0.1, 0.15) is 39.5 Å². The van der Waals surface area contributed by atoms with E-state index in [1.807, 2.05) is 6.21 Å². The molecule has 76 valence electrons. The van der Waals surface area contributed by atoms with E-state index in [4.69, 9.17) is 11.5 Å². The standard InChI is InChI=1S/C9H20N4/c1-3-5-6-8(4-2)7-12-13-9(10)11/h7-8H,3-6H2,1-2H3,(H4,10,11,13)/b12-7-. The minimum Gasteiger partial charge on any atom is -0.369 e. The molecule has 0 heterocycles. The van der Waals surface area contributed by atoms with E-state index in [1.165, 1.54) is 12.8 Å². The van der Waals surface area contributed by atoms with Crippen molar-refractivity contribution in [1.82, 2.24) is 0 Å². The van der Waals surface area contributed by atoms with Gasteiger partial charge in [-0.2, -0.15) is 5.10 Å². The van der Waals surface area contributed by atoms with E-state index in [0.29, 0.717) is 5.92 Å². The van der Waals surface area contributed by atoms with Crippen molar-refractivity contribution in [3.05, 3.63) is 0 Å². The van der Waals surface area contributed by atoms with Crippen LogP contribution in [0.2, 0.25) is 0 Å². The second-order valence-corrected chi connectivity index (χ2v) is 3.10. The summed E-state index contributed by atoms with van der Waals surface area (Å²) in [5.74, 6) is 0.518. The Kier molecular flexibility index (Phi) is 6.96. The van der Waals surface area contributed by atoms with Gasteiger partial charge < -0.3 is 11.5 Å². The number of unbranched alkanes of at least 4 members (excludes halogenated alkanes) is 1. The summed E-state index contributed by atoms with van der Waals surface area (Å²) < 4.78 is 0. The smallest absolute Gasteiger partial charge is 0.211 e. The van der Waals surface area contributed by atoms with Crippen LogP contribution in [-0.4, -0.2) is 12.2 Å². The van der Waals surface area contributed by atoms with Crippen LogP contribution in [0.3, 0.4) is 0 Å². The first-order chi connectivity index (χ1) is 6.20. The van der Waals surface area contributed by atoms with Gasteiger partial charge in [0.15, 0.2) is 0 Å². The van der Waals surface area contributed by atoms with Crippen LogP contribution in [0.25, 0.3) is 0 Å². The number of guanidine groups is 1. The van der Waals surface area contributed by atoms with Crippen molar-refractivity contribution in [2.45, 2.75) is 39.5 Å². The van der Waals surface area contributed by atoms with Crippen molar-refractivity contribution >= 4 is 12.2 Å². The van der Waals surface area contributed by atoms with Crippen LogP contribution in [-0.2, 0) is 0 Å². The van der Waals surface area contributed by atoms with Crippen molar-refractivity contribution in [1.29, 1.82) is 0 Å². The van der Waals surface area contributed by atoms with Crippen LogP contribution in [0.15, 0.2) is 10.2 Å². The van der Waals surface area contributed by atoms with Gasteiger partial charge in [-0.25, -0.2) is 0 Å². The van der Waals surface area contributed by atoms with Gasteiger partial charge in [0, 0.05) is 6.21 Å². The van der Waals surface area contributed by atoms with E-state index in [9.17, 15) is 0 Å². The average Bonchev–Trinajstić information content (AvgIpc) is 2.10. The molecule has 0 spiro atoms. The Labute approximate surface area is 80.1 Å². The molecular weight excluding hydrogens is 164 g/mol. The quantitative estimate of drug-likeness (QED) is 0.372. The van der Waals surface area contributed by atoms with E-state index in [2.05, 4.69) is 24.1 Å². The average molecular weight is 184 g/mol. The zero-order valence-electron chi connectivity index (χ0n) is 8.53. The number of nitrogens with two attached hydrogens (primary N) is 2. The van der Waals surface area contributed by atoms with Crippen molar-refractivity contribution < 1.29 is 0 Å². The molecule has 4 nitrogen and oxygen atoms in total. The van der Waals surface area contributed by atoms with Crippen molar-refractivity contribution in [3.63, 3.8) is 0 Å². The van der Waals surface area contributed by atoms with Gasteiger partial charge in [-0.1, -0.05) is 26.7 Å². The first-order valence-electron chi connectivity index (χ1n) is 4.82. The molecule has 0 radical (unpaired) electrons. The van der Waals surface area contributed by atoms with Crippen LogP contribution in [0.4, 0.5) is 0 Å². The maximum atomic E-state index is 5.13. The van der Waals surface area contributed by atoms with Gasteiger partial charge in [0.25, 0.3) is 0 Å². The first kappa shape index (κ1) is 11.9. The van der Waals surface area contributed by atoms with Gasteiger partial charge in [0.1, 0.15) is 0 Å². The molecule has 0 aliphatic heterocycles. The Morgan fingerprint density at radius 2 is 2.08 bits per heavy atom. The molecule has 0 amide bonds. The van der Waals surface area contributed by atoms with Crippen LogP contribution in [0.5, 0.6) is 0 Å². The van der Waals surface area contributed by atoms with Crippen LogP contribution in [0, 0.1) is 5.92 Å². The van der Waals surface area contributed by atoms with Gasteiger partial charge in [0.2, 0.25) is 5.96 Å². The van der Waals surface area contributed by atoms with Crippen molar-refractivity contribution in [3.8, 4) is 0 Å². The van der Waals surface area contributed by atoms with E-state index in [1.54, 1.807) is 0 Å². The van der Waals surface area contributed by atoms with E-state index < -0.39 is 0 Å². The molecule has 1 unspecified atom stereocenters. The lowest BCUT2D eigenvalue weighted by molar-refractivity contribution is 0.575. The Bertz CT molecular complexity index is 170. The maximum Gasteiger partial charge on any atom is 0.211 e. The van der Waals surface area contributed by atoms with Crippen LogP contribution < -0.4 is 11.5 Å². The normalized spacial score (nSPS) is 13.1. The third-order valence-electron chi connectivity index (χ3n) is 1.90. The molecule has 0 aromatic rings. The molecule has 0 rings (SSSR count). The summed E-state index contributed by atoms with van der Waals surface area (Å²) in [4.78, 5) is 0. The third kappa shape index (κ3) is 7.31. The summed E-state index contributed by atoms with van der Waals surface area (Å²) in [6, 6.07) is 0. The maximum absolute atomic E-state index is 5.13. The second kappa shape index (κ2) is 7.58. The number of rotatable bonds is 6. The molecule has 0 aromatic heterocycles. The fourth-order valence-corrected chi connectivity index (χ4v) is 1.04. The van der Waals surface area contributed by atoms with Gasteiger partial charge in [-0.05, 0) is 18.8 Å². The number of nitrogens with zero attached hydrogens (tertiary/aromatic N) is 2.